The number of likely N-dealkylation sites (tertiary alicyclic amines) is 1. The van der Waals surface area contributed by atoms with Gasteiger partial charge >= 0.3 is 0 Å². The third-order valence-corrected chi connectivity index (χ3v) is 9.20. The van der Waals surface area contributed by atoms with Crippen LogP contribution in [0.1, 0.15) is 71.7 Å². The molecular formula is C33H45N5O5S. The average molecular weight is 624 g/mol. The van der Waals surface area contributed by atoms with Crippen molar-refractivity contribution in [1.82, 2.24) is 24.7 Å². The molecule has 0 aliphatic carbocycles. The highest BCUT2D eigenvalue weighted by Gasteiger charge is 2.51. The van der Waals surface area contributed by atoms with Crippen molar-refractivity contribution < 1.29 is 24.3 Å². The highest BCUT2D eigenvalue weighted by atomic mass is 32.1. The molecule has 2 saturated heterocycles. The van der Waals surface area contributed by atoms with Crippen LogP contribution in [0.2, 0.25) is 0 Å². The zero-order chi connectivity index (χ0) is 31.6. The molecule has 1 aromatic carbocycles. The van der Waals surface area contributed by atoms with Gasteiger partial charge in [0.2, 0.25) is 5.91 Å². The van der Waals surface area contributed by atoms with Gasteiger partial charge in [-0.3, -0.25) is 24.1 Å². The topological polar surface area (TPSA) is 107 Å². The van der Waals surface area contributed by atoms with E-state index in [-0.39, 0.29) is 41.6 Å². The highest BCUT2D eigenvalue weighted by Crippen LogP contribution is 2.37. The quantitative estimate of drug-likeness (QED) is 0.304. The van der Waals surface area contributed by atoms with Gasteiger partial charge in [0.1, 0.15) is 11.0 Å². The lowest BCUT2D eigenvalue weighted by Gasteiger charge is -2.49. The summed E-state index contributed by atoms with van der Waals surface area (Å²) in [6.07, 6.45) is 7.14. The molecule has 0 radical (unpaired) electrons. The average Bonchev–Trinajstić information content (AvgIpc) is 3.60. The van der Waals surface area contributed by atoms with Crippen LogP contribution in [0.25, 0.3) is 16.3 Å². The molecule has 1 unspecified atom stereocenters. The minimum atomic E-state index is -0.887. The first-order chi connectivity index (χ1) is 20.9. The maximum atomic E-state index is 14.2. The van der Waals surface area contributed by atoms with Crippen molar-refractivity contribution in [2.24, 2.45) is 11.3 Å². The fourth-order valence-electron chi connectivity index (χ4n) is 6.13. The van der Waals surface area contributed by atoms with Gasteiger partial charge in [-0.2, -0.15) is 5.06 Å². The summed E-state index contributed by atoms with van der Waals surface area (Å²) < 4.78 is 1.03. The predicted octanol–water partition coefficient (Wildman–Crippen LogP) is 4.62. The molecule has 3 amide bonds. The summed E-state index contributed by atoms with van der Waals surface area (Å²) in [6, 6.07) is 6.96. The van der Waals surface area contributed by atoms with Crippen molar-refractivity contribution >= 4 is 45.4 Å². The third-order valence-electron chi connectivity index (χ3n) is 8.20. The molecule has 5 rings (SSSR count). The number of rotatable bonds is 10. The number of para-hydroxylation sites is 1. The lowest BCUT2D eigenvalue weighted by atomic mass is 9.85. The number of carbonyl (C=O) groups excluding carboxylic acids is 3. The Labute approximate surface area is 263 Å². The Morgan fingerprint density at radius 2 is 1.95 bits per heavy atom. The molecule has 3 aliphatic heterocycles. The van der Waals surface area contributed by atoms with Gasteiger partial charge in [-0.15, -0.1) is 11.3 Å². The van der Waals surface area contributed by atoms with Crippen molar-refractivity contribution in [1.29, 1.82) is 0 Å². The van der Waals surface area contributed by atoms with Crippen molar-refractivity contribution in [2.45, 2.75) is 84.9 Å². The summed E-state index contributed by atoms with van der Waals surface area (Å²) in [5, 5.41) is 11.1. The summed E-state index contributed by atoms with van der Waals surface area (Å²) in [7, 11) is 0. The number of aromatic nitrogens is 1. The SMILES string of the molecule is CC(C)C[C@H]1ON(C(=O)/C=C/c2nc3ccccc3s2)C2=CN(C3CCN(CCCCO)C3)C(=O)[C@H](CC(C)(C)C)N2C1=O. The number of carbonyl (C=O) groups is 3. The summed E-state index contributed by atoms with van der Waals surface area (Å²) in [6.45, 7) is 12.7. The number of fused-ring (bicyclic) bond motifs is 2. The molecule has 2 fully saturated rings. The van der Waals surface area contributed by atoms with Crippen LogP contribution in [0.5, 0.6) is 0 Å². The Kier molecular flexibility index (Phi) is 9.89. The first-order valence-corrected chi connectivity index (χ1v) is 16.5. The lowest BCUT2D eigenvalue weighted by Crippen LogP contribution is -2.64. The molecule has 238 valence electrons. The van der Waals surface area contributed by atoms with Crippen LogP contribution < -0.4 is 0 Å². The Bertz CT molecular complexity index is 1400. The van der Waals surface area contributed by atoms with Crippen LogP contribution in [0.15, 0.2) is 42.4 Å². The van der Waals surface area contributed by atoms with E-state index in [0.29, 0.717) is 24.4 Å². The van der Waals surface area contributed by atoms with E-state index in [4.69, 9.17) is 4.84 Å². The molecule has 1 N–H and O–H groups in total. The molecule has 3 aliphatic rings. The van der Waals surface area contributed by atoms with Crippen LogP contribution in [-0.2, 0) is 19.2 Å². The van der Waals surface area contributed by atoms with Crippen molar-refractivity contribution in [3.8, 4) is 0 Å². The minimum absolute atomic E-state index is 0.0903. The Morgan fingerprint density at radius 3 is 2.66 bits per heavy atom. The number of hydroxylamine groups is 2. The Balaban J connectivity index is 1.49. The van der Waals surface area contributed by atoms with E-state index in [2.05, 4.69) is 30.7 Å². The molecule has 0 bridgehead atoms. The minimum Gasteiger partial charge on any atom is -0.396 e. The largest absolute Gasteiger partial charge is 0.396 e. The molecule has 1 aromatic heterocycles. The number of unbranched alkanes of at least 4 members (excludes halogenated alkanes) is 1. The molecule has 10 nitrogen and oxygen atoms in total. The van der Waals surface area contributed by atoms with Crippen LogP contribution in [0, 0.1) is 11.3 Å². The number of benzene rings is 1. The van der Waals surface area contributed by atoms with Gasteiger partial charge < -0.3 is 14.9 Å². The molecule has 11 heteroatoms. The maximum Gasteiger partial charge on any atom is 0.276 e. The molecule has 3 atom stereocenters. The second-order valence-electron chi connectivity index (χ2n) is 13.6. The van der Waals surface area contributed by atoms with E-state index in [0.717, 1.165) is 42.6 Å². The second-order valence-corrected chi connectivity index (χ2v) is 14.7. The van der Waals surface area contributed by atoms with E-state index < -0.39 is 18.1 Å². The summed E-state index contributed by atoms with van der Waals surface area (Å²) in [5.41, 5.74) is 0.609. The van der Waals surface area contributed by atoms with E-state index in [9.17, 15) is 19.5 Å². The third kappa shape index (κ3) is 7.22. The maximum absolute atomic E-state index is 14.2. The number of amides is 3. The summed E-state index contributed by atoms with van der Waals surface area (Å²) in [5.74, 6) is -0.437. The highest BCUT2D eigenvalue weighted by molar-refractivity contribution is 7.19. The van der Waals surface area contributed by atoms with Gasteiger partial charge in [-0.1, -0.05) is 46.8 Å². The first-order valence-electron chi connectivity index (χ1n) is 15.7. The van der Waals surface area contributed by atoms with E-state index in [1.165, 1.54) is 27.4 Å². The monoisotopic (exact) mass is 623 g/mol. The van der Waals surface area contributed by atoms with Gasteiger partial charge in [-0.25, -0.2) is 4.98 Å². The number of thiazole rings is 1. The number of hydrogen-bond donors (Lipinski definition) is 1. The van der Waals surface area contributed by atoms with Crippen molar-refractivity contribution in [3.63, 3.8) is 0 Å². The summed E-state index contributed by atoms with van der Waals surface area (Å²) in [4.78, 5) is 58.5. The van der Waals surface area contributed by atoms with Crippen LogP contribution in [0.4, 0.5) is 0 Å². The predicted molar refractivity (Wildman–Crippen MR) is 171 cm³/mol. The normalized spacial score (nSPS) is 23.4. The van der Waals surface area contributed by atoms with E-state index >= 15 is 0 Å². The first kappa shape index (κ1) is 32.3. The zero-order valence-electron chi connectivity index (χ0n) is 26.4. The Morgan fingerprint density at radius 1 is 1.18 bits per heavy atom. The smallest absolute Gasteiger partial charge is 0.276 e. The fraction of sp³-hybridized carbons (Fsp3) is 0.576. The van der Waals surface area contributed by atoms with E-state index in [1.54, 1.807) is 17.2 Å². The van der Waals surface area contributed by atoms with E-state index in [1.807, 2.05) is 38.1 Å². The standard InChI is InChI=1S/C33H45N5O5S/c1-22(2)18-26-32(42)37-25(19-33(3,4)5)31(41)36(23-14-16-35(20-23)15-8-9-17-39)21-29(37)38(43-26)30(40)13-12-28-34-24-10-6-7-11-27(24)44-28/h6-7,10-13,21-23,25-26,39H,8-9,14-20H2,1-5H3/b13-12+/t23?,25-,26+/m0/s1. The number of aliphatic hydroxyl groups is 1. The van der Waals surface area contributed by atoms with Crippen molar-refractivity contribution in [2.75, 3.05) is 26.2 Å². The lowest BCUT2D eigenvalue weighted by molar-refractivity contribution is -0.226. The van der Waals surface area contributed by atoms with Gasteiger partial charge in [0.15, 0.2) is 11.9 Å². The van der Waals surface area contributed by atoms with Crippen molar-refractivity contribution in [3.05, 3.63) is 47.4 Å². The van der Waals surface area contributed by atoms with Crippen LogP contribution >= 0.6 is 11.3 Å². The zero-order valence-corrected chi connectivity index (χ0v) is 27.3. The summed E-state index contributed by atoms with van der Waals surface area (Å²) >= 11 is 1.49. The Hall–Kier alpha value is -3.12. The van der Waals surface area contributed by atoms with Crippen LogP contribution in [-0.4, -0.2) is 92.0 Å². The van der Waals surface area contributed by atoms with Gasteiger partial charge in [0.05, 0.1) is 22.5 Å². The second kappa shape index (κ2) is 13.5. The van der Waals surface area contributed by atoms with Crippen LogP contribution in [0.3, 0.4) is 0 Å². The van der Waals surface area contributed by atoms with Gasteiger partial charge in [0, 0.05) is 25.8 Å². The molecular weight excluding hydrogens is 578 g/mol. The van der Waals surface area contributed by atoms with Gasteiger partial charge in [0.25, 0.3) is 11.8 Å². The molecule has 0 spiro atoms. The number of hydrogen-bond acceptors (Lipinski definition) is 8. The molecule has 2 aromatic rings. The number of nitrogens with zero attached hydrogens (tertiary/aromatic N) is 5. The molecule has 0 saturated carbocycles. The fourth-order valence-corrected chi connectivity index (χ4v) is 7.00. The van der Waals surface area contributed by atoms with Gasteiger partial charge in [-0.05, 0) is 68.2 Å². The molecule has 4 heterocycles. The molecule has 44 heavy (non-hydrogen) atoms. The number of aliphatic hydroxyl groups excluding tert-OH is 1.